The van der Waals surface area contributed by atoms with Gasteiger partial charge in [0.25, 0.3) is 5.56 Å². The van der Waals surface area contributed by atoms with Gasteiger partial charge in [-0.2, -0.15) is 4.68 Å². The number of nitrogens with two attached hydrogens (primary N) is 1. The standard InChI is InChI=1S/C12H13N9O4S/c1-3-24-11(23)7-6(4-26-12-14-10(22)5(2)15-17-12)21(20-16-7)9-8(13)18-25-19-9/h3-4H2,1-2H3,(H2,13,18)(H,14,17,22). The third kappa shape index (κ3) is 3.39. The number of rotatable bonds is 6. The highest BCUT2D eigenvalue weighted by Gasteiger charge is 2.25. The van der Waals surface area contributed by atoms with Crippen molar-refractivity contribution in [3.8, 4) is 5.82 Å². The first kappa shape index (κ1) is 17.5. The quantitative estimate of drug-likeness (QED) is 0.414. The molecule has 136 valence electrons. The molecular weight excluding hydrogens is 366 g/mol. The van der Waals surface area contributed by atoms with Gasteiger partial charge in [-0.05, 0) is 24.2 Å². The number of nitrogen functional groups attached to an aromatic ring is 1. The number of carbonyl (C=O) groups excluding carboxylic acids is 1. The molecule has 0 aliphatic carbocycles. The number of ether oxygens (including phenoxy) is 1. The number of thioether (sulfide) groups is 1. The lowest BCUT2D eigenvalue weighted by atomic mass is 10.3. The second kappa shape index (κ2) is 7.30. The van der Waals surface area contributed by atoms with E-state index in [-0.39, 0.29) is 46.1 Å². The molecule has 0 aliphatic rings. The van der Waals surface area contributed by atoms with E-state index in [4.69, 9.17) is 10.5 Å². The van der Waals surface area contributed by atoms with Gasteiger partial charge in [0.05, 0.1) is 12.3 Å². The topological polar surface area (TPSA) is 181 Å². The van der Waals surface area contributed by atoms with Crippen molar-refractivity contribution >= 4 is 23.5 Å². The van der Waals surface area contributed by atoms with Gasteiger partial charge in [0.1, 0.15) is 5.69 Å². The Hall–Kier alpha value is -3.29. The molecule has 0 saturated heterocycles. The Morgan fingerprint density at radius 1 is 1.35 bits per heavy atom. The van der Waals surface area contributed by atoms with Crippen LogP contribution in [-0.2, 0) is 10.5 Å². The average molecular weight is 379 g/mol. The van der Waals surface area contributed by atoms with Gasteiger partial charge in [-0.15, -0.1) is 15.3 Å². The molecule has 14 heteroatoms. The van der Waals surface area contributed by atoms with E-state index in [2.05, 4.69) is 40.4 Å². The summed E-state index contributed by atoms with van der Waals surface area (Å²) >= 11 is 1.11. The van der Waals surface area contributed by atoms with E-state index in [1.165, 1.54) is 4.68 Å². The molecule has 3 aromatic heterocycles. The Kier molecular flexibility index (Phi) is 4.92. The molecule has 0 spiro atoms. The summed E-state index contributed by atoms with van der Waals surface area (Å²) in [4.78, 5) is 26.3. The summed E-state index contributed by atoms with van der Waals surface area (Å²) < 4.78 is 10.7. The van der Waals surface area contributed by atoms with Crippen LogP contribution in [0.2, 0.25) is 0 Å². The van der Waals surface area contributed by atoms with Crippen LogP contribution in [0, 0.1) is 6.92 Å². The number of hydrogen-bond acceptors (Lipinski definition) is 12. The van der Waals surface area contributed by atoms with Gasteiger partial charge in [0.2, 0.25) is 11.6 Å². The zero-order valence-corrected chi connectivity index (χ0v) is 14.5. The molecule has 0 amide bonds. The molecule has 0 fully saturated rings. The number of esters is 1. The first-order chi connectivity index (χ1) is 12.5. The van der Waals surface area contributed by atoms with Crippen LogP contribution < -0.4 is 11.3 Å². The van der Waals surface area contributed by atoms with Crippen molar-refractivity contribution < 1.29 is 14.2 Å². The Bertz CT molecular complexity index is 995. The lowest BCUT2D eigenvalue weighted by Gasteiger charge is -2.05. The minimum atomic E-state index is -0.659. The minimum Gasteiger partial charge on any atom is -0.461 e. The predicted molar refractivity (Wildman–Crippen MR) is 86.5 cm³/mol. The lowest BCUT2D eigenvalue weighted by molar-refractivity contribution is 0.0518. The number of aromatic amines is 1. The SMILES string of the molecule is CCOC(=O)c1nnn(-c2nonc2N)c1CSc1nnc(C)c(=O)[nH]1. The van der Waals surface area contributed by atoms with E-state index in [1.54, 1.807) is 13.8 Å². The van der Waals surface area contributed by atoms with Crippen LogP contribution in [0.5, 0.6) is 0 Å². The van der Waals surface area contributed by atoms with Gasteiger partial charge in [-0.25, -0.2) is 9.42 Å². The fourth-order valence-electron chi connectivity index (χ4n) is 1.88. The summed E-state index contributed by atoms with van der Waals surface area (Å²) in [5, 5.41) is 22.7. The number of hydrogen-bond donors (Lipinski definition) is 2. The van der Waals surface area contributed by atoms with Crippen molar-refractivity contribution in [3.63, 3.8) is 0 Å². The largest absolute Gasteiger partial charge is 0.461 e. The van der Waals surface area contributed by atoms with Gasteiger partial charge in [0, 0.05) is 5.75 Å². The van der Waals surface area contributed by atoms with Gasteiger partial charge in [0.15, 0.2) is 10.9 Å². The lowest BCUT2D eigenvalue weighted by Crippen LogP contribution is -2.15. The number of nitrogens with zero attached hydrogens (tertiary/aromatic N) is 7. The number of aryl methyl sites for hydroxylation is 1. The van der Waals surface area contributed by atoms with Gasteiger partial charge in [-0.1, -0.05) is 17.0 Å². The van der Waals surface area contributed by atoms with E-state index < -0.39 is 5.97 Å². The molecule has 0 bridgehead atoms. The molecule has 0 aromatic carbocycles. The molecule has 13 nitrogen and oxygen atoms in total. The van der Waals surface area contributed by atoms with E-state index in [1.807, 2.05) is 0 Å². The predicted octanol–water partition coefficient (Wildman–Crippen LogP) is -0.512. The molecule has 26 heavy (non-hydrogen) atoms. The maximum absolute atomic E-state index is 12.1. The highest BCUT2D eigenvalue weighted by molar-refractivity contribution is 7.98. The van der Waals surface area contributed by atoms with Crippen LogP contribution in [0.25, 0.3) is 5.82 Å². The van der Waals surface area contributed by atoms with Crippen LogP contribution in [0.3, 0.4) is 0 Å². The number of carbonyl (C=O) groups is 1. The highest BCUT2D eigenvalue weighted by atomic mass is 32.2. The highest BCUT2D eigenvalue weighted by Crippen LogP contribution is 2.23. The number of nitrogens with one attached hydrogen (secondary N) is 1. The molecule has 0 unspecified atom stereocenters. The summed E-state index contributed by atoms with van der Waals surface area (Å²) in [5.74, 6) is -0.471. The molecule has 3 heterocycles. The summed E-state index contributed by atoms with van der Waals surface area (Å²) in [6.07, 6.45) is 0. The minimum absolute atomic E-state index is 0.0239. The summed E-state index contributed by atoms with van der Waals surface area (Å²) in [5.41, 5.74) is 5.86. The van der Waals surface area contributed by atoms with Crippen LogP contribution in [0.4, 0.5) is 5.82 Å². The zero-order valence-electron chi connectivity index (χ0n) is 13.7. The fourth-order valence-corrected chi connectivity index (χ4v) is 2.67. The van der Waals surface area contributed by atoms with E-state index in [0.717, 1.165) is 11.8 Å². The summed E-state index contributed by atoms with van der Waals surface area (Å²) in [6.45, 7) is 3.38. The van der Waals surface area contributed by atoms with Gasteiger partial charge < -0.3 is 10.5 Å². The van der Waals surface area contributed by atoms with Crippen molar-refractivity contribution in [1.82, 2.24) is 40.5 Å². The number of aromatic nitrogens is 8. The van der Waals surface area contributed by atoms with E-state index in [0.29, 0.717) is 5.69 Å². The van der Waals surface area contributed by atoms with E-state index in [9.17, 15) is 9.59 Å². The Morgan fingerprint density at radius 3 is 2.81 bits per heavy atom. The Balaban J connectivity index is 1.95. The zero-order chi connectivity index (χ0) is 18.7. The van der Waals surface area contributed by atoms with Crippen LogP contribution in [-0.4, -0.2) is 53.1 Å². The maximum Gasteiger partial charge on any atom is 0.360 e. The van der Waals surface area contributed by atoms with E-state index >= 15 is 0 Å². The number of H-pyrrole nitrogens is 1. The van der Waals surface area contributed by atoms with Crippen molar-refractivity contribution in [1.29, 1.82) is 0 Å². The van der Waals surface area contributed by atoms with Crippen LogP contribution >= 0.6 is 11.8 Å². The first-order valence-corrected chi connectivity index (χ1v) is 8.26. The van der Waals surface area contributed by atoms with Gasteiger partial charge >= 0.3 is 5.97 Å². The van der Waals surface area contributed by atoms with Crippen molar-refractivity contribution in [2.24, 2.45) is 0 Å². The van der Waals surface area contributed by atoms with Crippen LogP contribution in [0.1, 0.15) is 28.8 Å². The van der Waals surface area contributed by atoms with Crippen LogP contribution in [0.15, 0.2) is 14.6 Å². The summed E-state index contributed by atoms with van der Waals surface area (Å²) in [6, 6.07) is 0. The third-order valence-corrected chi connectivity index (χ3v) is 3.99. The second-order valence-corrected chi connectivity index (χ2v) is 5.79. The normalized spacial score (nSPS) is 10.8. The molecule has 3 aromatic rings. The molecule has 0 saturated carbocycles. The van der Waals surface area contributed by atoms with Crippen molar-refractivity contribution in [3.05, 3.63) is 27.4 Å². The number of anilines is 1. The third-order valence-electron chi connectivity index (χ3n) is 3.11. The van der Waals surface area contributed by atoms with Crippen molar-refractivity contribution in [2.45, 2.75) is 24.8 Å². The molecular formula is C12H13N9O4S. The average Bonchev–Trinajstić information content (AvgIpc) is 3.21. The Labute approximate surface area is 149 Å². The smallest absolute Gasteiger partial charge is 0.360 e. The maximum atomic E-state index is 12.1. The molecule has 0 radical (unpaired) electrons. The molecule has 0 aliphatic heterocycles. The monoisotopic (exact) mass is 379 g/mol. The first-order valence-electron chi connectivity index (χ1n) is 7.27. The summed E-state index contributed by atoms with van der Waals surface area (Å²) in [7, 11) is 0. The molecule has 3 rings (SSSR count). The van der Waals surface area contributed by atoms with Crippen molar-refractivity contribution in [2.75, 3.05) is 12.3 Å². The fraction of sp³-hybridized carbons (Fsp3) is 0.333. The molecule has 0 atom stereocenters. The molecule has 3 N–H and O–H groups in total. The van der Waals surface area contributed by atoms with Gasteiger partial charge in [-0.3, -0.25) is 9.78 Å². The second-order valence-electron chi connectivity index (χ2n) is 4.82. The Morgan fingerprint density at radius 2 is 2.15 bits per heavy atom.